The SMILES string of the molecule is O=Cc1cc(Cl)ncc1-c1c(Cl)c(Cl)c(Cl)c(Cl)c1Cl. The lowest BCUT2D eigenvalue weighted by molar-refractivity contribution is 0.112. The molecule has 0 saturated heterocycles. The molecule has 2 aromatic rings. The largest absolute Gasteiger partial charge is 0.298 e. The molecule has 0 saturated carbocycles. The van der Waals surface area contributed by atoms with E-state index in [9.17, 15) is 4.79 Å². The lowest BCUT2D eigenvalue weighted by Crippen LogP contribution is -1.93. The van der Waals surface area contributed by atoms with Gasteiger partial charge in [0.05, 0.1) is 25.1 Å². The van der Waals surface area contributed by atoms with Crippen molar-refractivity contribution in [3.8, 4) is 11.1 Å². The van der Waals surface area contributed by atoms with Crippen molar-refractivity contribution in [1.29, 1.82) is 0 Å². The molecule has 0 N–H and O–H groups in total. The van der Waals surface area contributed by atoms with Crippen LogP contribution >= 0.6 is 69.6 Å². The number of hydrogen-bond acceptors (Lipinski definition) is 2. The predicted molar refractivity (Wildman–Crippen MR) is 85.1 cm³/mol. The Kier molecular flexibility index (Phi) is 5.06. The van der Waals surface area contributed by atoms with Gasteiger partial charge < -0.3 is 0 Å². The van der Waals surface area contributed by atoms with E-state index in [1.807, 2.05) is 0 Å². The molecule has 1 aromatic carbocycles. The first-order valence-electron chi connectivity index (χ1n) is 5.01. The normalized spacial score (nSPS) is 10.7. The summed E-state index contributed by atoms with van der Waals surface area (Å²) < 4.78 is 0. The van der Waals surface area contributed by atoms with Crippen molar-refractivity contribution in [2.24, 2.45) is 0 Å². The van der Waals surface area contributed by atoms with Crippen LogP contribution in [0.3, 0.4) is 0 Å². The standard InChI is InChI=1S/C12H3Cl6NO/c13-6-1-4(3-20)5(2-19-6)7-8(14)10(16)12(18)11(17)9(7)15/h1-3H. The number of aromatic nitrogens is 1. The van der Waals surface area contributed by atoms with E-state index in [1.54, 1.807) is 0 Å². The average molecular weight is 390 g/mol. The van der Waals surface area contributed by atoms with Gasteiger partial charge in [-0.3, -0.25) is 4.79 Å². The van der Waals surface area contributed by atoms with Gasteiger partial charge in [0.1, 0.15) is 5.15 Å². The van der Waals surface area contributed by atoms with Gasteiger partial charge in [-0.2, -0.15) is 0 Å². The zero-order chi connectivity index (χ0) is 15.0. The van der Waals surface area contributed by atoms with Gasteiger partial charge in [0.25, 0.3) is 0 Å². The molecule has 2 nitrogen and oxygen atoms in total. The first-order valence-corrected chi connectivity index (χ1v) is 7.27. The van der Waals surface area contributed by atoms with Gasteiger partial charge in [0.2, 0.25) is 0 Å². The molecule has 2 rings (SSSR count). The fourth-order valence-corrected chi connectivity index (χ4v) is 3.10. The number of halogens is 6. The van der Waals surface area contributed by atoms with E-state index in [2.05, 4.69) is 4.98 Å². The topological polar surface area (TPSA) is 30.0 Å². The lowest BCUT2D eigenvalue weighted by Gasteiger charge is -2.13. The number of benzene rings is 1. The lowest BCUT2D eigenvalue weighted by atomic mass is 10.0. The molecule has 0 aliphatic heterocycles. The summed E-state index contributed by atoms with van der Waals surface area (Å²) in [5, 5.41) is 0.460. The number of rotatable bonds is 2. The van der Waals surface area contributed by atoms with Crippen LogP contribution in [0.25, 0.3) is 11.1 Å². The van der Waals surface area contributed by atoms with E-state index in [0.29, 0.717) is 11.8 Å². The molecule has 0 spiro atoms. The molecule has 104 valence electrons. The van der Waals surface area contributed by atoms with Crippen molar-refractivity contribution >= 4 is 75.9 Å². The Morgan fingerprint density at radius 3 is 1.85 bits per heavy atom. The number of hydrogen-bond donors (Lipinski definition) is 0. The fourth-order valence-electron chi connectivity index (χ4n) is 1.59. The second kappa shape index (κ2) is 6.27. The van der Waals surface area contributed by atoms with Crippen molar-refractivity contribution in [3.63, 3.8) is 0 Å². The van der Waals surface area contributed by atoms with Crippen molar-refractivity contribution in [3.05, 3.63) is 48.1 Å². The molecule has 8 heteroatoms. The van der Waals surface area contributed by atoms with E-state index >= 15 is 0 Å². The summed E-state index contributed by atoms with van der Waals surface area (Å²) in [5.41, 5.74) is 0.891. The van der Waals surface area contributed by atoms with Gasteiger partial charge in [-0.15, -0.1) is 0 Å². The Hall–Kier alpha value is -0.220. The zero-order valence-corrected chi connectivity index (χ0v) is 13.9. The highest BCUT2D eigenvalue weighted by atomic mass is 35.5. The molecule has 0 aliphatic carbocycles. The quantitative estimate of drug-likeness (QED) is 0.254. The van der Waals surface area contributed by atoms with Crippen LogP contribution in [-0.2, 0) is 0 Å². The second-order valence-corrected chi connectivity index (χ2v) is 5.93. The first-order chi connectivity index (χ1) is 9.38. The predicted octanol–water partition coefficient (Wildman–Crippen LogP) is 6.48. The molecular formula is C12H3Cl6NO. The highest BCUT2D eigenvalue weighted by Crippen LogP contribution is 2.48. The van der Waals surface area contributed by atoms with Crippen molar-refractivity contribution in [2.45, 2.75) is 0 Å². The first kappa shape index (κ1) is 16.2. The number of pyridine rings is 1. The molecular weight excluding hydrogens is 387 g/mol. The van der Waals surface area contributed by atoms with Crippen LogP contribution in [-0.4, -0.2) is 11.3 Å². The minimum Gasteiger partial charge on any atom is -0.298 e. The molecule has 1 heterocycles. The van der Waals surface area contributed by atoms with E-state index < -0.39 is 0 Å². The van der Waals surface area contributed by atoms with Crippen molar-refractivity contribution in [1.82, 2.24) is 4.98 Å². The number of aldehydes is 1. The van der Waals surface area contributed by atoms with Crippen molar-refractivity contribution < 1.29 is 4.79 Å². The minimum absolute atomic E-state index is 0.0432. The van der Waals surface area contributed by atoms with Crippen LogP contribution in [0, 0.1) is 0 Å². The maximum absolute atomic E-state index is 11.1. The van der Waals surface area contributed by atoms with Crippen LogP contribution in [0.5, 0.6) is 0 Å². The summed E-state index contributed by atoms with van der Waals surface area (Å²) in [5.74, 6) is 0. The van der Waals surface area contributed by atoms with E-state index in [0.717, 1.165) is 0 Å². The third-order valence-corrected chi connectivity index (χ3v) is 4.99. The van der Waals surface area contributed by atoms with Gasteiger partial charge in [-0.25, -0.2) is 4.98 Å². The molecule has 0 aliphatic rings. The van der Waals surface area contributed by atoms with Gasteiger partial charge in [0.15, 0.2) is 6.29 Å². The van der Waals surface area contributed by atoms with Crippen LogP contribution in [0.4, 0.5) is 0 Å². The van der Waals surface area contributed by atoms with E-state index in [1.165, 1.54) is 12.3 Å². The zero-order valence-electron chi connectivity index (χ0n) is 9.36. The fraction of sp³-hybridized carbons (Fsp3) is 0. The second-order valence-electron chi connectivity index (χ2n) is 3.66. The summed E-state index contributed by atoms with van der Waals surface area (Å²) in [6, 6.07) is 1.38. The highest BCUT2D eigenvalue weighted by molar-refractivity contribution is 6.56. The maximum atomic E-state index is 11.1. The minimum atomic E-state index is 0.0432. The summed E-state index contributed by atoms with van der Waals surface area (Å²) in [6.07, 6.45) is 1.96. The molecule has 0 atom stereocenters. The maximum Gasteiger partial charge on any atom is 0.150 e. The summed E-state index contributed by atoms with van der Waals surface area (Å²) >= 11 is 35.9. The Morgan fingerprint density at radius 2 is 1.35 bits per heavy atom. The van der Waals surface area contributed by atoms with E-state index in [-0.39, 0.29) is 41.4 Å². The summed E-state index contributed by atoms with van der Waals surface area (Å²) in [6.45, 7) is 0. The number of carbonyl (C=O) groups is 1. The van der Waals surface area contributed by atoms with Gasteiger partial charge in [-0.05, 0) is 6.07 Å². The van der Waals surface area contributed by atoms with Crippen LogP contribution in [0.15, 0.2) is 12.3 Å². The monoisotopic (exact) mass is 387 g/mol. The Morgan fingerprint density at radius 1 is 0.850 bits per heavy atom. The Labute approximate surface area is 144 Å². The summed E-state index contributed by atoms with van der Waals surface area (Å²) in [7, 11) is 0. The third-order valence-electron chi connectivity index (χ3n) is 2.51. The highest BCUT2D eigenvalue weighted by Gasteiger charge is 2.22. The average Bonchev–Trinajstić information content (AvgIpc) is 2.44. The van der Waals surface area contributed by atoms with Gasteiger partial charge in [0, 0.05) is 22.9 Å². The molecule has 0 unspecified atom stereocenters. The van der Waals surface area contributed by atoms with E-state index in [4.69, 9.17) is 69.6 Å². The van der Waals surface area contributed by atoms with Crippen molar-refractivity contribution in [2.75, 3.05) is 0 Å². The van der Waals surface area contributed by atoms with Crippen LogP contribution < -0.4 is 0 Å². The van der Waals surface area contributed by atoms with Crippen LogP contribution in [0.1, 0.15) is 10.4 Å². The molecule has 0 radical (unpaired) electrons. The Balaban J connectivity index is 2.87. The third kappa shape index (κ3) is 2.74. The number of nitrogens with zero attached hydrogens (tertiary/aromatic N) is 1. The van der Waals surface area contributed by atoms with Gasteiger partial charge >= 0.3 is 0 Å². The molecule has 0 amide bonds. The molecule has 0 bridgehead atoms. The summed E-state index contributed by atoms with van der Waals surface area (Å²) in [4.78, 5) is 15.0. The molecule has 0 fully saturated rings. The molecule has 20 heavy (non-hydrogen) atoms. The number of carbonyl (C=O) groups excluding carboxylic acids is 1. The molecule has 1 aromatic heterocycles. The van der Waals surface area contributed by atoms with Crippen LogP contribution in [0.2, 0.25) is 30.3 Å². The Bertz CT molecular complexity index is 687. The van der Waals surface area contributed by atoms with Gasteiger partial charge in [-0.1, -0.05) is 69.6 Å². The smallest absolute Gasteiger partial charge is 0.150 e.